The summed E-state index contributed by atoms with van der Waals surface area (Å²) in [4.78, 5) is 27.8. The van der Waals surface area contributed by atoms with Crippen molar-refractivity contribution >= 4 is 34.0 Å². The SMILES string of the molecule is C=C(C)C(=O)Nc1ccccc1C(=O)Nc1nccs1. The normalized spacial score (nSPS) is 9.85. The Morgan fingerprint density at radius 1 is 1.25 bits per heavy atom. The predicted molar refractivity (Wildman–Crippen MR) is 80.0 cm³/mol. The minimum absolute atomic E-state index is 0.320. The third-order valence-corrected chi connectivity index (χ3v) is 3.15. The molecule has 0 radical (unpaired) electrons. The van der Waals surface area contributed by atoms with Gasteiger partial charge >= 0.3 is 0 Å². The first-order valence-electron chi connectivity index (χ1n) is 5.84. The molecule has 102 valence electrons. The van der Waals surface area contributed by atoms with Crippen molar-refractivity contribution in [3.05, 3.63) is 53.6 Å². The van der Waals surface area contributed by atoms with E-state index < -0.39 is 0 Å². The average Bonchev–Trinajstić information content (AvgIpc) is 2.92. The van der Waals surface area contributed by atoms with Gasteiger partial charge in [-0.2, -0.15) is 0 Å². The van der Waals surface area contributed by atoms with Crippen LogP contribution in [0, 0.1) is 0 Å². The number of anilines is 2. The van der Waals surface area contributed by atoms with Gasteiger partial charge in [-0.15, -0.1) is 11.3 Å². The molecule has 1 aromatic heterocycles. The number of nitrogens with one attached hydrogen (secondary N) is 2. The summed E-state index contributed by atoms with van der Waals surface area (Å²) < 4.78 is 0. The van der Waals surface area contributed by atoms with Crippen LogP contribution in [0.15, 0.2) is 48.0 Å². The number of nitrogens with zero attached hydrogens (tertiary/aromatic N) is 1. The third-order valence-electron chi connectivity index (χ3n) is 2.46. The van der Waals surface area contributed by atoms with Crippen LogP contribution in [0.2, 0.25) is 0 Å². The summed E-state index contributed by atoms with van der Waals surface area (Å²) in [5, 5.41) is 7.61. The van der Waals surface area contributed by atoms with Crippen molar-refractivity contribution in [1.82, 2.24) is 4.98 Å². The highest BCUT2D eigenvalue weighted by Crippen LogP contribution is 2.18. The van der Waals surface area contributed by atoms with Gasteiger partial charge in [-0.3, -0.25) is 14.9 Å². The van der Waals surface area contributed by atoms with E-state index in [4.69, 9.17) is 0 Å². The number of amides is 2. The molecule has 1 aromatic carbocycles. The molecule has 1 heterocycles. The average molecular weight is 287 g/mol. The van der Waals surface area contributed by atoms with Gasteiger partial charge in [0.1, 0.15) is 0 Å². The maximum Gasteiger partial charge on any atom is 0.259 e. The van der Waals surface area contributed by atoms with Crippen molar-refractivity contribution in [2.75, 3.05) is 10.6 Å². The minimum Gasteiger partial charge on any atom is -0.322 e. The molecule has 0 aliphatic rings. The van der Waals surface area contributed by atoms with Gasteiger partial charge in [0.2, 0.25) is 0 Å². The number of thiazole rings is 1. The monoisotopic (exact) mass is 287 g/mol. The second-order valence-corrected chi connectivity index (χ2v) is 4.97. The summed E-state index contributed by atoms with van der Waals surface area (Å²) in [6, 6.07) is 6.77. The standard InChI is InChI=1S/C14H13N3O2S/c1-9(2)12(18)16-11-6-4-3-5-10(11)13(19)17-14-15-7-8-20-14/h3-8H,1H2,2H3,(H,16,18)(H,15,17,19). The van der Waals surface area contributed by atoms with Gasteiger partial charge < -0.3 is 5.32 Å². The van der Waals surface area contributed by atoms with Gasteiger partial charge in [-0.25, -0.2) is 4.98 Å². The molecule has 2 N–H and O–H groups in total. The zero-order chi connectivity index (χ0) is 14.5. The molecule has 0 fully saturated rings. The van der Waals surface area contributed by atoms with E-state index in [0.29, 0.717) is 22.0 Å². The summed E-state index contributed by atoms with van der Waals surface area (Å²) >= 11 is 1.33. The number of aromatic nitrogens is 1. The highest BCUT2D eigenvalue weighted by atomic mass is 32.1. The van der Waals surface area contributed by atoms with E-state index >= 15 is 0 Å². The lowest BCUT2D eigenvalue weighted by atomic mass is 10.1. The van der Waals surface area contributed by atoms with Crippen LogP contribution in [0.25, 0.3) is 0 Å². The molecule has 2 amide bonds. The van der Waals surface area contributed by atoms with Crippen molar-refractivity contribution in [3.63, 3.8) is 0 Å². The van der Waals surface area contributed by atoms with Crippen molar-refractivity contribution in [1.29, 1.82) is 0 Å². The molecule has 0 aliphatic carbocycles. The van der Waals surface area contributed by atoms with Gasteiger partial charge in [-0.05, 0) is 19.1 Å². The topological polar surface area (TPSA) is 71.1 Å². The van der Waals surface area contributed by atoms with Crippen LogP contribution in [0.4, 0.5) is 10.8 Å². The van der Waals surface area contributed by atoms with Gasteiger partial charge in [0, 0.05) is 17.2 Å². The summed E-state index contributed by atoms with van der Waals surface area (Å²) in [5.74, 6) is -0.642. The van der Waals surface area contributed by atoms with E-state index in [1.807, 2.05) is 0 Å². The summed E-state index contributed by atoms with van der Waals surface area (Å²) in [6.07, 6.45) is 1.61. The van der Waals surface area contributed by atoms with Crippen LogP contribution in [0.5, 0.6) is 0 Å². The highest BCUT2D eigenvalue weighted by molar-refractivity contribution is 7.13. The largest absolute Gasteiger partial charge is 0.322 e. The molecule has 20 heavy (non-hydrogen) atoms. The Morgan fingerprint density at radius 3 is 2.65 bits per heavy atom. The molecule has 2 aromatic rings. The van der Waals surface area contributed by atoms with E-state index in [1.54, 1.807) is 42.8 Å². The van der Waals surface area contributed by atoms with Crippen molar-refractivity contribution in [2.24, 2.45) is 0 Å². The molecule has 0 saturated carbocycles. The number of para-hydroxylation sites is 1. The Balaban J connectivity index is 2.21. The fraction of sp³-hybridized carbons (Fsp3) is 0.0714. The van der Waals surface area contributed by atoms with E-state index in [2.05, 4.69) is 22.2 Å². The van der Waals surface area contributed by atoms with E-state index in [0.717, 1.165) is 0 Å². The minimum atomic E-state index is -0.322. The number of benzene rings is 1. The molecule has 2 rings (SSSR count). The zero-order valence-electron chi connectivity index (χ0n) is 10.8. The van der Waals surface area contributed by atoms with Crippen LogP contribution in [0.3, 0.4) is 0 Å². The zero-order valence-corrected chi connectivity index (χ0v) is 11.7. The summed E-state index contributed by atoms with van der Waals surface area (Å²) in [6.45, 7) is 5.17. The fourth-order valence-corrected chi connectivity index (χ4v) is 1.99. The lowest BCUT2D eigenvalue weighted by Crippen LogP contribution is -2.18. The van der Waals surface area contributed by atoms with Crippen molar-refractivity contribution in [2.45, 2.75) is 6.92 Å². The van der Waals surface area contributed by atoms with Crippen LogP contribution in [-0.4, -0.2) is 16.8 Å². The first-order chi connectivity index (χ1) is 9.58. The molecular formula is C14H13N3O2S. The smallest absolute Gasteiger partial charge is 0.259 e. The fourth-order valence-electron chi connectivity index (χ4n) is 1.47. The van der Waals surface area contributed by atoms with Crippen LogP contribution in [-0.2, 0) is 4.79 Å². The highest BCUT2D eigenvalue weighted by Gasteiger charge is 2.14. The van der Waals surface area contributed by atoms with Crippen molar-refractivity contribution < 1.29 is 9.59 Å². The molecule has 0 aliphatic heterocycles. The van der Waals surface area contributed by atoms with E-state index in [-0.39, 0.29) is 11.8 Å². The molecule has 0 bridgehead atoms. The lowest BCUT2D eigenvalue weighted by Gasteiger charge is -2.10. The lowest BCUT2D eigenvalue weighted by molar-refractivity contribution is -0.112. The number of rotatable bonds is 4. The quantitative estimate of drug-likeness (QED) is 0.849. The second kappa shape index (κ2) is 6.12. The number of hydrogen-bond donors (Lipinski definition) is 2. The van der Waals surface area contributed by atoms with Gasteiger partial charge in [-0.1, -0.05) is 18.7 Å². The molecule has 0 atom stereocenters. The van der Waals surface area contributed by atoms with Crippen LogP contribution >= 0.6 is 11.3 Å². The van der Waals surface area contributed by atoms with Crippen LogP contribution in [0.1, 0.15) is 17.3 Å². The molecule has 0 saturated heterocycles. The maximum atomic E-state index is 12.2. The van der Waals surface area contributed by atoms with Gasteiger partial charge in [0.15, 0.2) is 5.13 Å². The third kappa shape index (κ3) is 3.30. The summed E-state index contributed by atoms with van der Waals surface area (Å²) in [5.41, 5.74) is 1.19. The number of hydrogen-bond acceptors (Lipinski definition) is 4. The first-order valence-corrected chi connectivity index (χ1v) is 6.72. The molecule has 0 spiro atoms. The molecule has 0 unspecified atom stereocenters. The first kappa shape index (κ1) is 14.0. The summed E-state index contributed by atoms with van der Waals surface area (Å²) in [7, 11) is 0. The number of carbonyl (C=O) groups is 2. The Kier molecular flexibility index (Phi) is 4.27. The van der Waals surface area contributed by atoms with E-state index in [9.17, 15) is 9.59 Å². The molecular weight excluding hydrogens is 274 g/mol. The molecule has 5 nitrogen and oxygen atoms in total. The Bertz CT molecular complexity index is 650. The van der Waals surface area contributed by atoms with Crippen LogP contribution < -0.4 is 10.6 Å². The maximum absolute atomic E-state index is 12.2. The van der Waals surface area contributed by atoms with Gasteiger partial charge in [0.25, 0.3) is 11.8 Å². The Hall–Kier alpha value is -2.47. The van der Waals surface area contributed by atoms with Crippen molar-refractivity contribution in [3.8, 4) is 0 Å². The second-order valence-electron chi connectivity index (χ2n) is 4.07. The van der Waals surface area contributed by atoms with Gasteiger partial charge in [0.05, 0.1) is 11.3 Å². The Morgan fingerprint density at radius 2 is 2.00 bits per heavy atom. The van der Waals surface area contributed by atoms with E-state index in [1.165, 1.54) is 11.3 Å². The molecule has 6 heteroatoms. The Labute approximate surface area is 120 Å². The predicted octanol–water partition coefficient (Wildman–Crippen LogP) is 2.91. The number of carbonyl (C=O) groups excluding carboxylic acids is 2.